The molecule has 0 aromatic carbocycles. The van der Waals surface area contributed by atoms with Gasteiger partial charge in [0.05, 0.1) is 6.20 Å². The highest BCUT2D eigenvalue weighted by atomic mass is 15.3. The Hall–Kier alpha value is -1.64. The number of nitrogens with zero attached hydrogens (tertiary/aromatic N) is 3. The van der Waals surface area contributed by atoms with Crippen molar-refractivity contribution in [2.75, 3.05) is 0 Å². The van der Waals surface area contributed by atoms with Gasteiger partial charge in [-0.05, 0) is 24.1 Å². The molecule has 0 aliphatic heterocycles. The Labute approximate surface area is 77.0 Å². The predicted octanol–water partition coefficient (Wildman–Crippen LogP) is 1.83. The molecule has 0 aliphatic carbocycles. The van der Waals surface area contributed by atoms with Crippen LogP contribution in [-0.2, 0) is 6.42 Å². The maximum absolute atomic E-state index is 4.21. The van der Waals surface area contributed by atoms with E-state index in [2.05, 4.69) is 17.0 Å². The van der Waals surface area contributed by atoms with Crippen LogP contribution in [0.2, 0.25) is 0 Å². The molecule has 0 radical (unpaired) electrons. The average Bonchev–Trinajstić information content (AvgIpc) is 2.67. The van der Waals surface area contributed by atoms with Crippen molar-refractivity contribution in [1.82, 2.24) is 14.8 Å². The second kappa shape index (κ2) is 3.39. The Morgan fingerprint density at radius 3 is 2.92 bits per heavy atom. The van der Waals surface area contributed by atoms with E-state index in [0.29, 0.717) is 0 Å². The number of hydrogen-bond acceptors (Lipinski definition) is 2. The molecule has 0 bridgehead atoms. The Bertz CT molecular complexity index is 378. The van der Waals surface area contributed by atoms with Gasteiger partial charge in [0, 0.05) is 12.4 Å². The van der Waals surface area contributed by atoms with Crippen molar-refractivity contribution in [1.29, 1.82) is 0 Å². The van der Waals surface area contributed by atoms with Crippen LogP contribution in [0.15, 0.2) is 36.8 Å². The maximum atomic E-state index is 4.21. The number of pyridine rings is 1. The highest BCUT2D eigenvalue weighted by Gasteiger charge is 1.98. The van der Waals surface area contributed by atoms with Crippen LogP contribution in [0, 0.1) is 0 Å². The van der Waals surface area contributed by atoms with Gasteiger partial charge in [0.1, 0.15) is 0 Å². The zero-order chi connectivity index (χ0) is 9.10. The van der Waals surface area contributed by atoms with Gasteiger partial charge in [-0.3, -0.25) is 0 Å². The highest BCUT2D eigenvalue weighted by Crippen LogP contribution is 2.04. The van der Waals surface area contributed by atoms with E-state index in [1.807, 2.05) is 30.6 Å². The lowest BCUT2D eigenvalue weighted by atomic mass is 10.3. The third kappa shape index (κ3) is 1.59. The first-order valence-electron chi connectivity index (χ1n) is 4.35. The summed E-state index contributed by atoms with van der Waals surface area (Å²) >= 11 is 0. The summed E-state index contributed by atoms with van der Waals surface area (Å²) in [6.07, 6.45) is 6.65. The fourth-order valence-electron chi connectivity index (χ4n) is 1.16. The lowest BCUT2D eigenvalue weighted by molar-refractivity contribution is 0.846. The predicted molar refractivity (Wildman–Crippen MR) is 50.7 cm³/mol. The third-order valence-corrected chi connectivity index (χ3v) is 1.93. The van der Waals surface area contributed by atoms with Crippen LogP contribution in [0.1, 0.15) is 12.5 Å². The minimum absolute atomic E-state index is 0.863. The third-order valence-electron chi connectivity index (χ3n) is 1.93. The van der Waals surface area contributed by atoms with Gasteiger partial charge in [0.25, 0.3) is 0 Å². The zero-order valence-electron chi connectivity index (χ0n) is 7.51. The van der Waals surface area contributed by atoms with Gasteiger partial charge in [-0.1, -0.05) is 13.0 Å². The van der Waals surface area contributed by atoms with Gasteiger partial charge in [0.15, 0.2) is 5.82 Å². The van der Waals surface area contributed by atoms with Crippen molar-refractivity contribution in [2.45, 2.75) is 13.3 Å². The molecule has 0 aliphatic rings. The summed E-state index contributed by atoms with van der Waals surface area (Å²) in [7, 11) is 0. The topological polar surface area (TPSA) is 30.7 Å². The van der Waals surface area contributed by atoms with E-state index in [9.17, 15) is 0 Å². The molecule has 2 aromatic heterocycles. The molecular formula is C10H11N3. The molecule has 0 atom stereocenters. The van der Waals surface area contributed by atoms with Gasteiger partial charge in [-0.15, -0.1) is 0 Å². The van der Waals surface area contributed by atoms with Crippen molar-refractivity contribution < 1.29 is 0 Å². The van der Waals surface area contributed by atoms with Crippen LogP contribution in [0.3, 0.4) is 0 Å². The molecule has 0 unspecified atom stereocenters. The lowest BCUT2D eigenvalue weighted by Gasteiger charge is -1.97. The molecule has 66 valence electrons. The van der Waals surface area contributed by atoms with E-state index < -0.39 is 0 Å². The summed E-state index contributed by atoms with van der Waals surface area (Å²) in [4.78, 5) is 4.20. The Morgan fingerprint density at radius 1 is 1.38 bits per heavy atom. The fourth-order valence-corrected chi connectivity index (χ4v) is 1.16. The normalized spacial score (nSPS) is 10.2. The van der Waals surface area contributed by atoms with Crippen LogP contribution in [0.4, 0.5) is 0 Å². The average molecular weight is 173 g/mol. The quantitative estimate of drug-likeness (QED) is 0.693. The second-order valence-electron chi connectivity index (χ2n) is 2.83. The minimum Gasteiger partial charge on any atom is -0.237 e. The summed E-state index contributed by atoms with van der Waals surface area (Å²) in [5.41, 5.74) is 1.23. The summed E-state index contributed by atoms with van der Waals surface area (Å²) < 4.78 is 1.79. The molecule has 0 saturated carbocycles. The van der Waals surface area contributed by atoms with Crippen molar-refractivity contribution in [3.8, 4) is 5.82 Å². The zero-order valence-corrected chi connectivity index (χ0v) is 7.51. The van der Waals surface area contributed by atoms with Crippen LogP contribution in [-0.4, -0.2) is 14.8 Å². The second-order valence-corrected chi connectivity index (χ2v) is 2.83. The summed E-state index contributed by atoms with van der Waals surface area (Å²) in [5.74, 6) is 0.863. The largest absolute Gasteiger partial charge is 0.237 e. The molecular weight excluding hydrogens is 162 g/mol. The molecule has 2 heterocycles. The molecule has 0 spiro atoms. The van der Waals surface area contributed by atoms with Crippen molar-refractivity contribution in [3.63, 3.8) is 0 Å². The van der Waals surface area contributed by atoms with E-state index in [0.717, 1.165) is 12.2 Å². The number of hydrogen-bond donors (Lipinski definition) is 0. The number of aromatic nitrogens is 3. The molecule has 2 aromatic rings. The molecule has 0 saturated heterocycles. The fraction of sp³-hybridized carbons (Fsp3) is 0.200. The van der Waals surface area contributed by atoms with Gasteiger partial charge in [-0.2, -0.15) is 5.10 Å². The Balaban J connectivity index is 2.36. The molecule has 13 heavy (non-hydrogen) atoms. The first-order valence-corrected chi connectivity index (χ1v) is 4.35. The monoisotopic (exact) mass is 173 g/mol. The number of rotatable bonds is 2. The first kappa shape index (κ1) is 7.98. The summed E-state index contributed by atoms with van der Waals surface area (Å²) in [6, 6.07) is 5.79. The van der Waals surface area contributed by atoms with Gasteiger partial charge < -0.3 is 0 Å². The Kier molecular flexibility index (Phi) is 2.08. The van der Waals surface area contributed by atoms with E-state index in [-0.39, 0.29) is 0 Å². The van der Waals surface area contributed by atoms with Crippen molar-refractivity contribution >= 4 is 0 Å². The van der Waals surface area contributed by atoms with Gasteiger partial charge >= 0.3 is 0 Å². The smallest absolute Gasteiger partial charge is 0.153 e. The van der Waals surface area contributed by atoms with E-state index in [1.165, 1.54) is 5.56 Å². The van der Waals surface area contributed by atoms with Gasteiger partial charge in [-0.25, -0.2) is 9.67 Å². The minimum atomic E-state index is 0.863. The molecule has 0 N–H and O–H groups in total. The van der Waals surface area contributed by atoms with Crippen LogP contribution < -0.4 is 0 Å². The summed E-state index contributed by atoms with van der Waals surface area (Å²) in [6.45, 7) is 2.11. The van der Waals surface area contributed by atoms with E-state index in [1.54, 1.807) is 10.9 Å². The molecule has 0 amide bonds. The van der Waals surface area contributed by atoms with Gasteiger partial charge in [0.2, 0.25) is 0 Å². The summed E-state index contributed by atoms with van der Waals surface area (Å²) in [5, 5.41) is 4.21. The highest BCUT2D eigenvalue weighted by molar-refractivity contribution is 5.21. The molecule has 3 nitrogen and oxygen atoms in total. The molecule has 0 fully saturated rings. The van der Waals surface area contributed by atoms with Crippen LogP contribution >= 0.6 is 0 Å². The van der Waals surface area contributed by atoms with E-state index in [4.69, 9.17) is 0 Å². The van der Waals surface area contributed by atoms with E-state index >= 15 is 0 Å². The first-order chi connectivity index (χ1) is 6.40. The SMILES string of the molecule is CCc1cnn(-c2ccccn2)c1. The lowest BCUT2D eigenvalue weighted by Crippen LogP contribution is -1.96. The molecule has 2 rings (SSSR count). The van der Waals surface area contributed by atoms with Crippen molar-refractivity contribution in [2.24, 2.45) is 0 Å². The Morgan fingerprint density at radius 2 is 2.31 bits per heavy atom. The van der Waals surface area contributed by atoms with Crippen LogP contribution in [0.25, 0.3) is 5.82 Å². The van der Waals surface area contributed by atoms with Crippen LogP contribution in [0.5, 0.6) is 0 Å². The number of aryl methyl sites for hydroxylation is 1. The standard InChI is InChI=1S/C10H11N3/c1-2-9-7-12-13(8-9)10-5-3-4-6-11-10/h3-8H,2H2,1H3. The van der Waals surface area contributed by atoms with Crippen molar-refractivity contribution in [3.05, 3.63) is 42.4 Å². The molecule has 3 heteroatoms. The maximum Gasteiger partial charge on any atom is 0.153 e.